The van der Waals surface area contributed by atoms with Gasteiger partial charge in [0.05, 0.1) is 28.4 Å². The van der Waals surface area contributed by atoms with Gasteiger partial charge >= 0.3 is 0 Å². The van der Waals surface area contributed by atoms with Crippen molar-refractivity contribution in [1.82, 2.24) is 0 Å². The number of nitrogens with zero attached hydrogens (tertiary/aromatic N) is 1. The molecular weight excluding hydrogens is 400 g/mol. The SMILES string of the molecule is COc1cccc(C=Nc2cccc(S(=O)(=O)Nc3ccccc3Cl)c2)c1O. The molecule has 28 heavy (non-hydrogen) atoms. The molecule has 3 aromatic carbocycles. The van der Waals surface area contributed by atoms with Crippen molar-refractivity contribution in [3.05, 3.63) is 77.3 Å². The Balaban J connectivity index is 1.87. The van der Waals surface area contributed by atoms with E-state index < -0.39 is 10.0 Å². The Bertz CT molecular complexity index is 1130. The lowest BCUT2D eigenvalue weighted by molar-refractivity contribution is 0.373. The smallest absolute Gasteiger partial charge is 0.262 e. The number of anilines is 1. The van der Waals surface area contributed by atoms with Gasteiger partial charge in [0.25, 0.3) is 10.0 Å². The topological polar surface area (TPSA) is 88.0 Å². The van der Waals surface area contributed by atoms with Gasteiger partial charge in [0.2, 0.25) is 0 Å². The van der Waals surface area contributed by atoms with Crippen LogP contribution in [-0.2, 0) is 10.0 Å². The third-order valence-electron chi connectivity index (χ3n) is 3.85. The third kappa shape index (κ3) is 4.44. The van der Waals surface area contributed by atoms with Gasteiger partial charge in [-0.1, -0.05) is 35.9 Å². The highest BCUT2D eigenvalue weighted by Gasteiger charge is 2.16. The standard InChI is InChI=1S/C20H17ClN2O4S/c1-27-19-11-4-6-14(20(19)24)13-22-15-7-5-8-16(12-15)28(25,26)23-18-10-3-2-9-17(18)21/h2-13,23-24H,1H3. The summed E-state index contributed by atoms with van der Waals surface area (Å²) in [6, 6.07) is 17.7. The average Bonchev–Trinajstić information content (AvgIpc) is 2.69. The first-order chi connectivity index (χ1) is 13.4. The van der Waals surface area contributed by atoms with E-state index in [2.05, 4.69) is 9.71 Å². The Labute approximate surface area is 168 Å². The minimum absolute atomic E-state index is 0.0388. The summed E-state index contributed by atoms with van der Waals surface area (Å²) >= 11 is 6.02. The second-order valence-electron chi connectivity index (χ2n) is 5.74. The van der Waals surface area contributed by atoms with Crippen molar-refractivity contribution in [3.63, 3.8) is 0 Å². The number of phenols is 1. The molecule has 0 atom stereocenters. The summed E-state index contributed by atoms with van der Waals surface area (Å²) in [6.07, 6.45) is 1.44. The molecule has 2 N–H and O–H groups in total. The number of para-hydroxylation sites is 2. The summed E-state index contributed by atoms with van der Waals surface area (Å²) in [5.74, 6) is 0.280. The molecule has 0 saturated carbocycles. The zero-order chi connectivity index (χ0) is 20.1. The van der Waals surface area contributed by atoms with Crippen LogP contribution in [0.4, 0.5) is 11.4 Å². The number of sulfonamides is 1. The molecule has 0 amide bonds. The molecule has 0 spiro atoms. The van der Waals surface area contributed by atoms with Crippen molar-refractivity contribution in [2.24, 2.45) is 4.99 Å². The first-order valence-corrected chi connectivity index (χ1v) is 10.0. The van der Waals surface area contributed by atoms with E-state index in [0.29, 0.717) is 27.7 Å². The summed E-state index contributed by atoms with van der Waals surface area (Å²) in [5.41, 5.74) is 1.14. The van der Waals surface area contributed by atoms with Gasteiger partial charge in [-0.15, -0.1) is 0 Å². The molecule has 0 aromatic heterocycles. The van der Waals surface area contributed by atoms with Crippen LogP contribution in [0.1, 0.15) is 5.56 Å². The fourth-order valence-corrected chi connectivity index (χ4v) is 3.79. The van der Waals surface area contributed by atoms with Gasteiger partial charge < -0.3 is 9.84 Å². The molecule has 144 valence electrons. The Kier molecular flexibility index (Phi) is 5.87. The molecule has 8 heteroatoms. The molecular formula is C20H17ClN2O4S. The Morgan fingerprint density at radius 1 is 1.07 bits per heavy atom. The number of halogens is 1. The van der Waals surface area contributed by atoms with Crippen molar-refractivity contribution in [3.8, 4) is 11.5 Å². The van der Waals surface area contributed by atoms with E-state index in [1.54, 1.807) is 54.6 Å². The molecule has 0 aliphatic rings. The first kappa shape index (κ1) is 19.7. The maximum absolute atomic E-state index is 12.6. The number of hydrogen-bond acceptors (Lipinski definition) is 5. The highest BCUT2D eigenvalue weighted by molar-refractivity contribution is 7.92. The lowest BCUT2D eigenvalue weighted by Gasteiger charge is -2.10. The van der Waals surface area contributed by atoms with E-state index in [0.717, 1.165) is 0 Å². The number of phenolic OH excluding ortho intramolecular Hbond substituents is 1. The molecule has 0 bridgehead atoms. The van der Waals surface area contributed by atoms with Gasteiger partial charge in [-0.3, -0.25) is 9.71 Å². The number of rotatable bonds is 6. The number of ether oxygens (including phenoxy) is 1. The Morgan fingerprint density at radius 2 is 1.82 bits per heavy atom. The van der Waals surface area contributed by atoms with Crippen LogP contribution in [0.5, 0.6) is 11.5 Å². The average molecular weight is 417 g/mol. The monoisotopic (exact) mass is 416 g/mol. The molecule has 0 saturated heterocycles. The van der Waals surface area contributed by atoms with E-state index in [9.17, 15) is 13.5 Å². The lowest BCUT2D eigenvalue weighted by atomic mass is 10.2. The van der Waals surface area contributed by atoms with Crippen LogP contribution in [-0.4, -0.2) is 26.8 Å². The molecule has 0 fully saturated rings. The Morgan fingerprint density at radius 3 is 2.57 bits per heavy atom. The fourth-order valence-electron chi connectivity index (χ4n) is 2.43. The molecule has 0 radical (unpaired) electrons. The van der Waals surface area contributed by atoms with E-state index in [1.807, 2.05) is 0 Å². The van der Waals surface area contributed by atoms with Crippen LogP contribution in [0.15, 0.2) is 76.6 Å². The van der Waals surface area contributed by atoms with Crippen LogP contribution in [0.2, 0.25) is 5.02 Å². The summed E-state index contributed by atoms with van der Waals surface area (Å²) in [4.78, 5) is 4.29. The minimum Gasteiger partial charge on any atom is -0.504 e. The summed E-state index contributed by atoms with van der Waals surface area (Å²) in [5, 5.41) is 10.4. The molecule has 3 aromatic rings. The highest BCUT2D eigenvalue weighted by atomic mass is 35.5. The van der Waals surface area contributed by atoms with Crippen molar-refractivity contribution < 1.29 is 18.3 Å². The second kappa shape index (κ2) is 8.33. The maximum atomic E-state index is 12.6. The highest BCUT2D eigenvalue weighted by Crippen LogP contribution is 2.29. The van der Waals surface area contributed by atoms with E-state index in [-0.39, 0.29) is 10.6 Å². The van der Waals surface area contributed by atoms with Gasteiger partial charge in [0.15, 0.2) is 11.5 Å². The summed E-state index contributed by atoms with van der Waals surface area (Å²) < 4.78 is 32.8. The van der Waals surface area contributed by atoms with Gasteiger partial charge in [-0.25, -0.2) is 8.42 Å². The predicted octanol–water partition coefficient (Wildman–Crippen LogP) is 4.61. The zero-order valence-corrected chi connectivity index (χ0v) is 16.4. The molecule has 3 rings (SSSR count). The number of aliphatic imine (C=N–C) groups is 1. The van der Waals surface area contributed by atoms with Crippen molar-refractivity contribution in [1.29, 1.82) is 0 Å². The van der Waals surface area contributed by atoms with Crippen LogP contribution < -0.4 is 9.46 Å². The van der Waals surface area contributed by atoms with Gasteiger partial charge in [-0.05, 0) is 42.5 Å². The van der Waals surface area contributed by atoms with Crippen LogP contribution >= 0.6 is 11.6 Å². The quantitative estimate of drug-likeness (QED) is 0.574. The largest absolute Gasteiger partial charge is 0.504 e. The number of methoxy groups -OCH3 is 1. The molecule has 0 heterocycles. The van der Waals surface area contributed by atoms with Gasteiger partial charge in [-0.2, -0.15) is 0 Å². The van der Waals surface area contributed by atoms with E-state index >= 15 is 0 Å². The van der Waals surface area contributed by atoms with Crippen molar-refractivity contribution in [2.75, 3.05) is 11.8 Å². The normalized spacial score (nSPS) is 11.5. The Hall–Kier alpha value is -3.03. The third-order valence-corrected chi connectivity index (χ3v) is 5.54. The summed E-state index contributed by atoms with van der Waals surface area (Å²) in [6.45, 7) is 0. The molecule has 0 unspecified atom stereocenters. The van der Waals surface area contributed by atoms with Crippen LogP contribution in [0, 0.1) is 0 Å². The second-order valence-corrected chi connectivity index (χ2v) is 7.83. The van der Waals surface area contributed by atoms with Crippen molar-refractivity contribution in [2.45, 2.75) is 4.90 Å². The first-order valence-electron chi connectivity index (χ1n) is 8.18. The van der Waals surface area contributed by atoms with E-state index in [4.69, 9.17) is 16.3 Å². The van der Waals surface area contributed by atoms with Gasteiger partial charge in [0, 0.05) is 11.8 Å². The maximum Gasteiger partial charge on any atom is 0.262 e. The van der Waals surface area contributed by atoms with E-state index in [1.165, 1.54) is 25.5 Å². The number of aromatic hydroxyl groups is 1. The number of nitrogens with one attached hydrogen (secondary N) is 1. The number of hydrogen-bond donors (Lipinski definition) is 2. The minimum atomic E-state index is -3.84. The van der Waals surface area contributed by atoms with Gasteiger partial charge in [0.1, 0.15) is 0 Å². The summed E-state index contributed by atoms with van der Waals surface area (Å²) in [7, 11) is -2.38. The van der Waals surface area contributed by atoms with Crippen molar-refractivity contribution >= 4 is 39.2 Å². The van der Waals surface area contributed by atoms with Crippen LogP contribution in [0.25, 0.3) is 0 Å². The van der Waals surface area contributed by atoms with Crippen LogP contribution in [0.3, 0.4) is 0 Å². The predicted molar refractivity (Wildman–Crippen MR) is 111 cm³/mol. The lowest BCUT2D eigenvalue weighted by Crippen LogP contribution is -2.13. The zero-order valence-electron chi connectivity index (χ0n) is 14.8. The fraction of sp³-hybridized carbons (Fsp3) is 0.0500. The molecule has 6 nitrogen and oxygen atoms in total. The number of benzene rings is 3. The molecule has 0 aliphatic carbocycles. The molecule has 0 aliphatic heterocycles.